The third kappa shape index (κ3) is 3.34. The molecule has 2 aliphatic rings. The maximum absolute atomic E-state index is 13.2. The second-order valence-corrected chi connectivity index (χ2v) is 7.95. The Balaban J connectivity index is 1.39. The van der Waals surface area contributed by atoms with Crippen LogP contribution in [0.15, 0.2) is 36.7 Å². The highest BCUT2D eigenvalue weighted by molar-refractivity contribution is 6.30. The minimum Gasteiger partial charge on any atom is -0.378 e. The Morgan fingerprint density at radius 2 is 2.03 bits per heavy atom. The van der Waals surface area contributed by atoms with Gasteiger partial charge in [0.05, 0.1) is 30.5 Å². The molecule has 2 aliphatic heterocycles. The number of anilines is 1. The fraction of sp³-hybridized carbons (Fsp3) is 0.381. The van der Waals surface area contributed by atoms with Crippen molar-refractivity contribution in [2.24, 2.45) is 0 Å². The molecule has 0 bridgehead atoms. The highest BCUT2D eigenvalue weighted by atomic mass is 35.5. The number of ether oxygens (including phenoxy) is 1. The maximum Gasteiger partial charge on any atom is 0.274 e. The number of rotatable bonds is 2. The minimum absolute atomic E-state index is 0.00801. The van der Waals surface area contributed by atoms with Crippen molar-refractivity contribution in [1.29, 1.82) is 0 Å². The molecule has 1 fully saturated rings. The molecule has 0 radical (unpaired) electrons. The van der Waals surface area contributed by atoms with Gasteiger partial charge in [0.15, 0.2) is 11.3 Å². The number of amides is 1. The van der Waals surface area contributed by atoms with Gasteiger partial charge in [-0.3, -0.25) is 4.79 Å². The van der Waals surface area contributed by atoms with E-state index in [0.29, 0.717) is 22.9 Å². The molecular formula is C21H22ClN5O2. The number of carbonyl (C=O) groups is 1. The predicted molar refractivity (Wildman–Crippen MR) is 111 cm³/mol. The van der Waals surface area contributed by atoms with Gasteiger partial charge in [-0.25, -0.2) is 9.50 Å². The molecule has 0 spiro atoms. The lowest BCUT2D eigenvalue weighted by atomic mass is 9.92. The molecule has 150 valence electrons. The van der Waals surface area contributed by atoms with Crippen LogP contribution in [0.1, 0.15) is 34.6 Å². The smallest absolute Gasteiger partial charge is 0.274 e. The summed E-state index contributed by atoms with van der Waals surface area (Å²) in [4.78, 5) is 21.6. The Morgan fingerprint density at radius 3 is 2.86 bits per heavy atom. The molecular weight excluding hydrogens is 390 g/mol. The summed E-state index contributed by atoms with van der Waals surface area (Å²) >= 11 is 5.98. The zero-order chi connectivity index (χ0) is 20.0. The molecule has 1 amide bonds. The van der Waals surface area contributed by atoms with Gasteiger partial charge < -0.3 is 14.5 Å². The van der Waals surface area contributed by atoms with E-state index in [1.54, 1.807) is 23.0 Å². The van der Waals surface area contributed by atoms with Crippen LogP contribution in [0, 0.1) is 0 Å². The zero-order valence-corrected chi connectivity index (χ0v) is 17.0. The van der Waals surface area contributed by atoms with Crippen LogP contribution in [0.4, 0.5) is 5.69 Å². The van der Waals surface area contributed by atoms with Gasteiger partial charge in [-0.1, -0.05) is 17.7 Å². The van der Waals surface area contributed by atoms with Crippen molar-refractivity contribution in [3.8, 4) is 0 Å². The van der Waals surface area contributed by atoms with Crippen molar-refractivity contribution in [2.75, 3.05) is 37.7 Å². The largest absolute Gasteiger partial charge is 0.378 e. The van der Waals surface area contributed by atoms with E-state index in [9.17, 15) is 4.79 Å². The lowest BCUT2D eigenvalue weighted by molar-refractivity contribution is 0.0671. The summed E-state index contributed by atoms with van der Waals surface area (Å²) in [5.41, 5.74) is 4.75. The molecule has 8 heteroatoms. The van der Waals surface area contributed by atoms with Crippen LogP contribution in [-0.2, 0) is 11.2 Å². The molecule has 0 N–H and O–H groups in total. The summed E-state index contributed by atoms with van der Waals surface area (Å²) in [6, 6.07) is 8.30. The third-order valence-electron chi connectivity index (χ3n) is 5.80. The van der Waals surface area contributed by atoms with Crippen molar-refractivity contribution in [3.05, 3.63) is 58.5 Å². The molecule has 1 saturated heterocycles. The fourth-order valence-corrected chi connectivity index (χ4v) is 4.36. The molecule has 1 aromatic carbocycles. The van der Waals surface area contributed by atoms with E-state index in [1.165, 1.54) is 16.8 Å². The van der Waals surface area contributed by atoms with Crippen LogP contribution in [0.5, 0.6) is 0 Å². The highest BCUT2D eigenvalue weighted by Crippen LogP contribution is 2.33. The normalized spacial score (nSPS) is 19.4. The van der Waals surface area contributed by atoms with Crippen molar-refractivity contribution >= 4 is 28.8 Å². The standard InChI is InChI=1S/C21H22ClN5O2/c1-14-18-3-2-17(25-6-8-29-9-7-25)10-15(18)4-5-26(14)21(28)19-11-20-23-12-16(22)13-27(20)24-19/h2-3,10-14H,4-9H2,1H3. The van der Waals surface area contributed by atoms with Crippen LogP contribution in [-0.4, -0.2) is 58.3 Å². The summed E-state index contributed by atoms with van der Waals surface area (Å²) in [5.74, 6) is -0.0815. The average Bonchev–Trinajstić information content (AvgIpc) is 3.17. The molecule has 1 atom stereocenters. The van der Waals surface area contributed by atoms with Gasteiger partial charge in [0.25, 0.3) is 5.91 Å². The quantitative estimate of drug-likeness (QED) is 0.648. The zero-order valence-electron chi connectivity index (χ0n) is 16.2. The fourth-order valence-electron chi connectivity index (χ4n) is 4.22. The van der Waals surface area contributed by atoms with Crippen molar-refractivity contribution < 1.29 is 9.53 Å². The summed E-state index contributed by atoms with van der Waals surface area (Å²) in [7, 11) is 0. The Labute approximate surface area is 173 Å². The number of aromatic nitrogens is 3. The first-order valence-corrected chi connectivity index (χ1v) is 10.3. The lowest BCUT2D eigenvalue weighted by Crippen LogP contribution is -2.39. The van der Waals surface area contributed by atoms with Crippen LogP contribution < -0.4 is 4.90 Å². The summed E-state index contributed by atoms with van der Waals surface area (Å²) < 4.78 is 7.00. The number of halogens is 1. The van der Waals surface area contributed by atoms with Crippen LogP contribution in [0.25, 0.3) is 5.65 Å². The minimum atomic E-state index is -0.0815. The van der Waals surface area contributed by atoms with Crippen LogP contribution >= 0.6 is 11.6 Å². The molecule has 0 aliphatic carbocycles. The van der Waals surface area contributed by atoms with E-state index in [1.807, 2.05) is 4.90 Å². The number of fused-ring (bicyclic) bond motifs is 2. The molecule has 1 unspecified atom stereocenters. The van der Waals surface area contributed by atoms with E-state index in [4.69, 9.17) is 16.3 Å². The van der Waals surface area contributed by atoms with Gasteiger partial charge in [-0.2, -0.15) is 5.10 Å². The van der Waals surface area contributed by atoms with E-state index in [-0.39, 0.29) is 11.9 Å². The molecule has 7 nitrogen and oxygen atoms in total. The van der Waals surface area contributed by atoms with Gasteiger partial charge in [0, 0.05) is 37.6 Å². The molecule has 29 heavy (non-hydrogen) atoms. The number of hydrogen-bond donors (Lipinski definition) is 0. The van der Waals surface area contributed by atoms with Crippen LogP contribution in [0.3, 0.4) is 0 Å². The second kappa shape index (κ2) is 7.31. The third-order valence-corrected chi connectivity index (χ3v) is 6.00. The van der Waals surface area contributed by atoms with E-state index < -0.39 is 0 Å². The van der Waals surface area contributed by atoms with Crippen LogP contribution in [0.2, 0.25) is 5.02 Å². The Kier molecular flexibility index (Phi) is 4.64. The average molecular weight is 412 g/mol. The first-order valence-electron chi connectivity index (χ1n) is 9.87. The first kappa shape index (κ1) is 18.4. The molecule has 5 rings (SSSR count). The maximum atomic E-state index is 13.2. The summed E-state index contributed by atoms with van der Waals surface area (Å²) in [6.07, 6.45) is 4.04. The second-order valence-electron chi connectivity index (χ2n) is 7.51. The van der Waals surface area contributed by atoms with Gasteiger partial charge in [0.1, 0.15) is 0 Å². The molecule has 2 aromatic heterocycles. The predicted octanol–water partition coefficient (Wildman–Crippen LogP) is 2.98. The first-order chi connectivity index (χ1) is 14.1. The van der Waals surface area contributed by atoms with Gasteiger partial charge in [-0.15, -0.1) is 0 Å². The molecule has 4 heterocycles. The van der Waals surface area contributed by atoms with Crippen molar-refractivity contribution in [1.82, 2.24) is 19.5 Å². The SMILES string of the molecule is CC1c2ccc(N3CCOCC3)cc2CCN1C(=O)c1cc2ncc(Cl)cn2n1. The van der Waals surface area contributed by atoms with Gasteiger partial charge >= 0.3 is 0 Å². The lowest BCUT2D eigenvalue weighted by Gasteiger charge is -2.36. The number of carbonyl (C=O) groups excluding carboxylic acids is 1. The highest BCUT2D eigenvalue weighted by Gasteiger charge is 2.30. The Bertz CT molecular complexity index is 1080. The van der Waals surface area contributed by atoms with Gasteiger partial charge in [-0.05, 0) is 36.6 Å². The van der Waals surface area contributed by atoms with E-state index >= 15 is 0 Å². The number of morpholine rings is 1. The Hall–Kier alpha value is -2.64. The number of nitrogens with zero attached hydrogens (tertiary/aromatic N) is 5. The van der Waals surface area contributed by atoms with Crippen molar-refractivity contribution in [3.63, 3.8) is 0 Å². The topological polar surface area (TPSA) is 63.0 Å². The van der Waals surface area contributed by atoms with Gasteiger partial charge in [0.2, 0.25) is 0 Å². The summed E-state index contributed by atoms with van der Waals surface area (Å²) in [5, 5.41) is 4.86. The summed E-state index contributed by atoms with van der Waals surface area (Å²) in [6.45, 7) is 6.14. The number of benzene rings is 1. The van der Waals surface area contributed by atoms with E-state index in [0.717, 1.165) is 32.7 Å². The monoisotopic (exact) mass is 411 g/mol. The molecule has 0 saturated carbocycles. The van der Waals surface area contributed by atoms with E-state index in [2.05, 4.69) is 40.1 Å². The van der Waals surface area contributed by atoms with Crippen molar-refractivity contribution in [2.45, 2.75) is 19.4 Å². The molecule has 3 aromatic rings. The number of hydrogen-bond acceptors (Lipinski definition) is 5. The Morgan fingerprint density at radius 1 is 1.21 bits per heavy atom.